The minimum atomic E-state index is -0.704. The number of nitrogens with zero attached hydrogens (tertiary/aromatic N) is 1. The van der Waals surface area contributed by atoms with Gasteiger partial charge in [0.1, 0.15) is 0 Å². The fourth-order valence-electron chi connectivity index (χ4n) is 1.69. The molecule has 86 valence electrons. The van der Waals surface area contributed by atoms with Crippen LogP contribution in [0.1, 0.15) is 24.7 Å². The molecule has 0 aliphatic rings. The predicted octanol–water partition coefficient (Wildman–Crippen LogP) is 1.89. The molecule has 1 aromatic heterocycles. The molecule has 3 heteroatoms. The smallest absolute Gasteiger partial charge is 0.0819 e. The van der Waals surface area contributed by atoms with E-state index in [2.05, 4.69) is 30.5 Å². The molecule has 0 bridgehead atoms. The first kappa shape index (κ1) is 12.3. The molecule has 0 spiro atoms. The van der Waals surface area contributed by atoms with E-state index in [1.54, 1.807) is 7.11 Å². The zero-order valence-corrected chi connectivity index (χ0v) is 10.1. The van der Waals surface area contributed by atoms with Gasteiger partial charge in [-0.25, -0.2) is 0 Å². The Labute approximate surface area is 91.7 Å². The van der Waals surface area contributed by atoms with Gasteiger partial charge in [-0.1, -0.05) is 0 Å². The Morgan fingerprint density at radius 2 is 1.87 bits per heavy atom. The standard InChI is InChI=1S/C12H21NO2/c1-10-5-6-11(2)13(10)9-12(3,14)7-8-15-4/h5-6,14H,7-9H2,1-4H3. The Balaban J connectivity index is 2.68. The first-order valence-electron chi connectivity index (χ1n) is 5.30. The third-order valence-corrected chi connectivity index (χ3v) is 2.76. The molecular weight excluding hydrogens is 190 g/mol. The molecule has 1 atom stereocenters. The van der Waals surface area contributed by atoms with E-state index in [1.807, 2.05) is 6.92 Å². The number of aromatic nitrogens is 1. The zero-order valence-electron chi connectivity index (χ0n) is 10.1. The van der Waals surface area contributed by atoms with Crippen LogP contribution in [0.4, 0.5) is 0 Å². The quantitative estimate of drug-likeness (QED) is 0.807. The number of aliphatic hydroxyl groups is 1. The summed E-state index contributed by atoms with van der Waals surface area (Å²) >= 11 is 0. The maximum absolute atomic E-state index is 10.2. The average Bonchev–Trinajstić information content (AvgIpc) is 2.46. The van der Waals surface area contributed by atoms with Gasteiger partial charge in [0.05, 0.1) is 12.1 Å². The number of hydrogen-bond acceptors (Lipinski definition) is 2. The summed E-state index contributed by atoms with van der Waals surface area (Å²) in [5, 5.41) is 10.2. The molecule has 1 aromatic rings. The topological polar surface area (TPSA) is 34.4 Å². The molecular formula is C12H21NO2. The van der Waals surface area contributed by atoms with Crippen LogP contribution in [0, 0.1) is 13.8 Å². The summed E-state index contributed by atoms with van der Waals surface area (Å²) in [6.07, 6.45) is 0.653. The van der Waals surface area contributed by atoms with Gasteiger partial charge in [0.2, 0.25) is 0 Å². The van der Waals surface area contributed by atoms with E-state index in [4.69, 9.17) is 4.74 Å². The summed E-state index contributed by atoms with van der Waals surface area (Å²) in [5.41, 5.74) is 1.67. The molecule has 0 aromatic carbocycles. The summed E-state index contributed by atoms with van der Waals surface area (Å²) in [6, 6.07) is 4.14. The van der Waals surface area contributed by atoms with Gasteiger partial charge >= 0.3 is 0 Å². The van der Waals surface area contributed by atoms with Gasteiger partial charge in [-0.2, -0.15) is 0 Å². The van der Waals surface area contributed by atoms with Crippen LogP contribution in [0.3, 0.4) is 0 Å². The van der Waals surface area contributed by atoms with Gasteiger partial charge < -0.3 is 14.4 Å². The molecule has 0 saturated carbocycles. The van der Waals surface area contributed by atoms with Crippen LogP contribution < -0.4 is 0 Å². The van der Waals surface area contributed by atoms with Crippen LogP contribution in [0.25, 0.3) is 0 Å². The lowest BCUT2D eigenvalue weighted by atomic mass is 10.0. The Morgan fingerprint density at radius 1 is 1.33 bits per heavy atom. The maximum Gasteiger partial charge on any atom is 0.0819 e. The van der Waals surface area contributed by atoms with E-state index in [0.717, 1.165) is 0 Å². The van der Waals surface area contributed by atoms with E-state index < -0.39 is 5.60 Å². The van der Waals surface area contributed by atoms with Crippen molar-refractivity contribution in [1.29, 1.82) is 0 Å². The normalized spacial score (nSPS) is 15.3. The van der Waals surface area contributed by atoms with Crippen molar-refractivity contribution in [1.82, 2.24) is 4.57 Å². The Bertz CT molecular complexity index is 296. The van der Waals surface area contributed by atoms with E-state index in [-0.39, 0.29) is 0 Å². The Kier molecular flexibility index (Phi) is 3.94. The van der Waals surface area contributed by atoms with Crippen molar-refractivity contribution < 1.29 is 9.84 Å². The largest absolute Gasteiger partial charge is 0.388 e. The van der Waals surface area contributed by atoms with Gasteiger partial charge in [0.25, 0.3) is 0 Å². The van der Waals surface area contributed by atoms with E-state index in [9.17, 15) is 5.11 Å². The molecule has 0 radical (unpaired) electrons. The molecule has 3 nitrogen and oxygen atoms in total. The predicted molar refractivity (Wildman–Crippen MR) is 61.0 cm³/mol. The number of hydrogen-bond donors (Lipinski definition) is 1. The highest BCUT2D eigenvalue weighted by Gasteiger charge is 2.21. The molecule has 0 aliphatic heterocycles. The molecule has 1 rings (SSSR count). The highest BCUT2D eigenvalue weighted by atomic mass is 16.5. The van der Waals surface area contributed by atoms with Crippen LogP contribution in [-0.2, 0) is 11.3 Å². The van der Waals surface area contributed by atoms with Crippen molar-refractivity contribution in [3.8, 4) is 0 Å². The lowest BCUT2D eigenvalue weighted by molar-refractivity contribution is 0.00933. The van der Waals surface area contributed by atoms with Crippen molar-refractivity contribution in [2.24, 2.45) is 0 Å². The monoisotopic (exact) mass is 211 g/mol. The molecule has 1 unspecified atom stereocenters. The molecule has 0 fully saturated rings. The van der Waals surface area contributed by atoms with Gasteiger partial charge in [-0.05, 0) is 32.9 Å². The third-order valence-electron chi connectivity index (χ3n) is 2.76. The third kappa shape index (κ3) is 3.36. The summed E-state index contributed by atoms with van der Waals surface area (Å²) < 4.78 is 7.12. The van der Waals surface area contributed by atoms with E-state index >= 15 is 0 Å². The van der Waals surface area contributed by atoms with Crippen LogP contribution in [0.2, 0.25) is 0 Å². The lowest BCUT2D eigenvalue weighted by Gasteiger charge is -2.25. The number of aryl methyl sites for hydroxylation is 2. The SMILES string of the molecule is COCCC(C)(O)Cn1c(C)ccc1C. The number of rotatable bonds is 5. The minimum absolute atomic E-state index is 0.590. The molecule has 0 aliphatic carbocycles. The van der Waals surface area contributed by atoms with Gasteiger partial charge in [0.15, 0.2) is 0 Å². The molecule has 1 N–H and O–H groups in total. The lowest BCUT2D eigenvalue weighted by Crippen LogP contribution is -2.32. The second-order valence-corrected chi connectivity index (χ2v) is 4.44. The highest BCUT2D eigenvalue weighted by Crippen LogP contribution is 2.16. The zero-order chi connectivity index (χ0) is 11.5. The summed E-state index contributed by atoms with van der Waals surface area (Å²) in [6.45, 7) is 7.18. The summed E-state index contributed by atoms with van der Waals surface area (Å²) in [4.78, 5) is 0. The minimum Gasteiger partial charge on any atom is -0.388 e. The van der Waals surface area contributed by atoms with Crippen molar-refractivity contribution in [3.63, 3.8) is 0 Å². The summed E-state index contributed by atoms with van der Waals surface area (Å²) in [7, 11) is 1.66. The first-order valence-corrected chi connectivity index (χ1v) is 5.30. The number of ether oxygens (including phenoxy) is 1. The first-order chi connectivity index (χ1) is 6.96. The Morgan fingerprint density at radius 3 is 2.33 bits per heavy atom. The van der Waals surface area contributed by atoms with Crippen molar-refractivity contribution in [2.45, 2.75) is 39.3 Å². The molecule has 0 saturated heterocycles. The highest BCUT2D eigenvalue weighted by molar-refractivity contribution is 5.14. The second-order valence-electron chi connectivity index (χ2n) is 4.44. The van der Waals surface area contributed by atoms with Crippen LogP contribution in [0.15, 0.2) is 12.1 Å². The van der Waals surface area contributed by atoms with Crippen LogP contribution in [0.5, 0.6) is 0 Å². The molecule has 0 amide bonds. The van der Waals surface area contributed by atoms with Gasteiger partial charge in [-0.15, -0.1) is 0 Å². The number of methoxy groups -OCH3 is 1. The maximum atomic E-state index is 10.2. The fraction of sp³-hybridized carbons (Fsp3) is 0.667. The fourth-order valence-corrected chi connectivity index (χ4v) is 1.69. The summed E-state index contributed by atoms with van der Waals surface area (Å²) in [5.74, 6) is 0. The second kappa shape index (κ2) is 4.81. The van der Waals surface area contributed by atoms with Gasteiger partial charge in [-0.3, -0.25) is 0 Å². The van der Waals surface area contributed by atoms with E-state index in [1.165, 1.54) is 11.4 Å². The van der Waals surface area contributed by atoms with Crippen molar-refractivity contribution >= 4 is 0 Å². The molecule has 1 heterocycles. The van der Waals surface area contributed by atoms with E-state index in [0.29, 0.717) is 19.6 Å². The average molecular weight is 211 g/mol. The van der Waals surface area contributed by atoms with Crippen LogP contribution in [-0.4, -0.2) is 29.0 Å². The van der Waals surface area contributed by atoms with Crippen molar-refractivity contribution in [2.75, 3.05) is 13.7 Å². The van der Waals surface area contributed by atoms with Crippen LogP contribution >= 0.6 is 0 Å². The Hall–Kier alpha value is -0.800. The molecule has 15 heavy (non-hydrogen) atoms. The van der Waals surface area contributed by atoms with Crippen molar-refractivity contribution in [3.05, 3.63) is 23.5 Å². The van der Waals surface area contributed by atoms with Gasteiger partial charge in [0, 0.05) is 31.5 Å².